The maximum absolute atomic E-state index is 7.32. The highest BCUT2D eigenvalue weighted by atomic mass is 35.5. The highest BCUT2D eigenvalue weighted by Crippen LogP contribution is 2.29. The van der Waals surface area contributed by atoms with Crippen LogP contribution in [-0.2, 0) is 0 Å². The molecular formula is C16H11Cl2N3. The SMILES string of the molecule is CC#N.Clc1ccc2nc(Cl)nc(-c3ccccc3)c2c1. The molecule has 0 atom stereocenters. The maximum Gasteiger partial charge on any atom is 0.223 e. The molecule has 5 heteroatoms. The van der Waals surface area contributed by atoms with Crippen LogP contribution in [0.3, 0.4) is 0 Å². The van der Waals surface area contributed by atoms with E-state index in [9.17, 15) is 0 Å². The summed E-state index contributed by atoms with van der Waals surface area (Å²) in [7, 11) is 0. The summed E-state index contributed by atoms with van der Waals surface area (Å²) < 4.78 is 0. The summed E-state index contributed by atoms with van der Waals surface area (Å²) in [5, 5.41) is 9.12. The van der Waals surface area contributed by atoms with Gasteiger partial charge in [0.2, 0.25) is 5.28 Å². The van der Waals surface area contributed by atoms with Crippen LogP contribution in [0.4, 0.5) is 0 Å². The third-order valence-corrected chi connectivity index (χ3v) is 3.08. The normalized spacial score (nSPS) is 9.62. The number of aromatic nitrogens is 2. The van der Waals surface area contributed by atoms with Gasteiger partial charge in [-0.1, -0.05) is 41.9 Å². The van der Waals surface area contributed by atoms with Crippen LogP contribution in [0.1, 0.15) is 6.92 Å². The zero-order valence-corrected chi connectivity index (χ0v) is 12.7. The van der Waals surface area contributed by atoms with Crippen LogP contribution in [0.15, 0.2) is 48.5 Å². The van der Waals surface area contributed by atoms with Crippen LogP contribution in [0.5, 0.6) is 0 Å². The van der Waals surface area contributed by atoms with Crippen LogP contribution >= 0.6 is 23.2 Å². The lowest BCUT2D eigenvalue weighted by atomic mass is 10.1. The molecule has 0 spiro atoms. The summed E-state index contributed by atoms with van der Waals surface area (Å²) in [6.07, 6.45) is 0. The third-order valence-electron chi connectivity index (χ3n) is 2.68. The van der Waals surface area contributed by atoms with Crippen molar-refractivity contribution < 1.29 is 0 Å². The first kappa shape index (κ1) is 15.2. The second-order valence-corrected chi connectivity index (χ2v) is 4.87. The lowest BCUT2D eigenvalue weighted by Crippen LogP contribution is -1.91. The Hall–Kier alpha value is -2.15. The fraction of sp³-hybridized carbons (Fsp3) is 0.0625. The number of nitrogens with zero attached hydrogens (tertiary/aromatic N) is 3. The Kier molecular flexibility index (Phi) is 5.10. The second-order valence-electron chi connectivity index (χ2n) is 4.09. The maximum atomic E-state index is 7.32. The van der Waals surface area contributed by atoms with Crippen molar-refractivity contribution in [1.82, 2.24) is 9.97 Å². The molecule has 1 heterocycles. The number of nitriles is 1. The molecule has 3 rings (SSSR count). The van der Waals surface area contributed by atoms with E-state index in [-0.39, 0.29) is 5.28 Å². The Morgan fingerprint density at radius 1 is 1.00 bits per heavy atom. The van der Waals surface area contributed by atoms with Crippen molar-refractivity contribution in [2.24, 2.45) is 0 Å². The largest absolute Gasteiger partial charge is 0.223 e. The van der Waals surface area contributed by atoms with Crippen molar-refractivity contribution in [3.05, 3.63) is 58.8 Å². The first-order chi connectivity index (χ1) is 10.2. The Labute approximate surface area is 132 Å². The molecule has 3 nitrogen and oxygen atoms in total. The molecular weight excluding hydrogens is 305 g/mol. The summed E-state index contributed by atoms with van der Waals surface area (Å²) in [4.78, 5) is 8.51. The van der Waals surface area contributed by atoms with Crippen molar-refractivity contribution in [2.75, 3.05) is 0 Å². The minimum atomic E-state index is 0.240. The van der Waals surface area contributed by atoms with Gasteiger partial charge < -0.3 is 0 Å². The Morgan fingerprint density at radius 2 is 1.67 bits per heavy atom. The molecule has 0 N–H and O–H groups in total. The van der Waals surface area contributed by atoms with Gasteiger partial charge >= 0.3 is 0 Å². The molecule has 0 fully saturated rings. The fourth-order valence-electron chi connectivity index (χ4n) is 1.89. The van der Waals surface area contributed by atoms with Crippen molar-refractivity contribution >= 4 is 34.1 Å². The molecule has 0 bridgehead atoms. The summed E-state index contributed by atoms with van der Waals surface area (Å²) in [6.45, 7) is 1.43. The second kappa shape index (κ2) is 7.03. The predicted octanol–water partition coefficient (Wildman–Crippen LogP) is 5.13. The monoisotopic (exact) mass is 315 g/mol. The lowest BCUT2D eigenvalue weighted by molar-refractivity contribution is 1.22. The molecule has 21 heavy (non-hydrogen) atoms. The van der Waals surface area contributed by atoms with Gasteiger partial charge in [-0.15, -0.1) is 0 Å². The van der Waals surface area contributed by atoms with E-state index in [4.69, 9.17) is 28.5 Å². The number of fused-ring (bicyclic) bond motifs is 1. The summed E-state index contributed by atoms with van der Waals surface area (Å²) in [6, 6.07) is 17.1. The van der Waals surface area contributed by atoms with Crippen molar-refractivity contribution in [3.63, 3.8) is 0 Å². The topological polar surface area (TPSA) is 49.6 Å². The molecule has 0 aliphatic rings. The number of hydrogen-bond donors (Lipinski definition) is 0. The average molecular weight is 316 g/mol. The molecule has 1 aromatic heterocycles. The Balaban J connectivity index is 0.000000497. The molecule has 0 saturated heterocycles. The smallest absolute Gasteiger partial charge is 0.218 e. The van der Waals surface area contributed by atoms with E-state index in [2.05, 4.69) is 9.97 Å². The number of hydrogen-bond acceptors (Lipinski definition) is 3. The molecule has 0 amide bonds. The third kappa shape index (κ3) is 3.69. The van der Waals surface area contributed by atoms with Crippen molar-refractivity contribution in [1.29, 1.82) is 5.26 Å². The van der Waals surface area contributed by atoms with E-state index < -0.39 is 0 Å². The van der Waals surface area contributed by atoms with Gasteiger partial charge in [-0.25, -0.2) is 9.97 Å². The van der Waals surface area contributed by atoms with Gasteiger partial charge in [0.1, 0.15) is 0 Å². The number of benzene rings is 2. The predicted molar refractivity (Wildman–Crippen MR) is 86.3 cm³/mol. The van der Waals surface area contributed by atoms with E-state index in [1.165, 1.54) is 6.92 Å². The van der Waals surface area contributed by atoms with E-state index in [0.717, 1.165) is 22.2 Å². The molecule has 0 saturated carbocycles. The zero-order valence-electron chi connectivity index (χ0n) is 11.2. The molecule has 0 aliphatic heterocycles. The molecule has 2 aromatic carbocycles. The van der Waals surface area contributed by atoms with E-state index in [1.807, 2.05) is 42.5 Å². The molecule has 0 radical (unpaired) electrons. The first-order valence-electron chi connectivity index (χ1n) is 6.14. The van der Waals surface area contributed by atoms with E-state index >= 15 is 0 Å². The van der Waals surface area contributed by atoms with Gasteiger partial charge in [-0.3, -0.25) is 0 Å². The minimum absolute atomic E-state index is 0.240. The Bertz CT molecular complexity index is 796. The molecule has 0 unspecified atom stereocenters. The Morgan fingerprint density at radius 3 is 2.33 bits per heavy atom. The van der Waals surface area contributed by atoms with E-state index in [1.54, 1.807) is 12.1 Å². The minimum Gasteiger partial charge on any atom is -0.218 e. The standard InChI is InChI=1S/C14H8Cl2N2.C2H3N/c15-10-6-7-12-11(8-10)13(18-14(16)17-12)9-4-2-1-3-5-9;1-2-3/h1-8H;1H3. The van der Waals surface area contributed by atoms with Crippen molar-refractivity contribution in [2.45, 2.75) is 6.92 Å². The van der Waals surface area contributed by atoms with Crippen LogP contribution in [0.25, 0.3) is 22.2 Å². The summed E-state index contributed by atoms with van der Waals surface area (Å²) >= 11 is 12.0. The summed E-state index contributed by atoms with van der Waals surface area (Å²) in [5.74, 6) is 0. The van der Waals surface area contributed by atoms with Crippen LogP contribution in [-0.4, -0.2) is 9.97 Å². The highest BCUT2D eigenvalue weighted by molar-refractivity contribution is 6.31. The lowest BCUT2D eigenvalue weighted by Gasteiger charge is -2.06. The molecule has 3 aromatic rings. The van der Waals surface area contributed by atoms with Gasteiger partial charge in [0, 0.05) is 22.9 Å². The zero-order chi connectivity index (χ0) is 15.2. The summed E-state index contributed by atoms with van der Waals surface area (Å²) in [5.41, 5.74) is 2.58. The fourth-order valence-corrected chi connectivity index (χ4v) is 2.24. The van der Waals surface area contributed by atoms with Crippen LogP contribution < -0.4 is 0 Å². The van der Waals surface area contributed by atoms with Gasteiger partial charge in [0.05, 0.1) is 17.3 Å². The average Bonchev–Trinajstić information content (AvgIpc) is 2.49. The molecule has 104 valence electrons. The molecule has 0 aliphatic carbocycles. The highest BCUT2D eigenvalue weighted by Gasteiger charge is 2.09. The van der Waals surface area contributed by atoms with Gasteiger partial charge in [0.25, 0.3) is 0 Å². The van der Waals surface area contributed by atoms with Gasteiger partial charge in [0.15, 0.2) is 0 Å². The number of halogens is 2. The first-order valence-corrected chi connectivity index (χ1v) is 6.90. The van der Waals surface area contributed by atoms with Crippen molar-refractivity contribution in [3.8, 4) is 17.3 Å². The number of rotatable bonds is 1. The van der Waals surface area contributed by atoms with Gasteiger partial charge in [-0.05, 0) is 29.8 Å². The van der Waals surface area contributed by atoms with E-state index in [0.29, 0.717) is 5.02 Å². The quantitative estimate of drug-likeness (QED) is 0.584. The van der Waals surface area contributed by atoms with Gasteiger partial charge in [-0.2, -0.15) is 5.26 Å². The van der Waals surface area contributed by atoms with Crippen LogP contribution in [0.2, 0.25) is 10.3 Å². The van der Waals surface area contributed by atoms with Crippen LogP contribution in [0, 0.1) is 11.3 Å².